The average molecular weight is 286 g/mol. The van der Waals surface area contributed by atoms with E-state index in [9.17, 15) is 14.6 Å². The molecule has 0 aliphatic carbocycles. The standard InChI is InChI=1S/C11H15FN4O4/c12-7-9(19)6(2-17)20-11(7)16-4-15-8-5(18)1-13-3-14-10(8)16/h3-7,9,11,17-19H,1-2H2,(H,13,14)/t5-,6-,7-,9-,11-/m1/s1. The zero-order chi connectivity index (χ0) is 14.3. The van der Waals surface area contributed by atoms with Crippen LogP contribution in [-0.2, 0) is 4.74 Å². The summed E-state index contributed by atoms with van der Waals surface area (Å²) in [5.41, 5.74) is 0.334. The number of ether oxygens (including phenoxy) is 1. The summed E-state index contributed by atoms with van der Waals surface area (Å²) >= 11 is 0. The summed E-state index contributed by atoms with van der Waals surface area (Å²) in [5.74, 6) is 0.359. The molecule has 2 aliphatic rings. The van der Waals surface area contributed by atoms with Crippen molar-refractivity contribution in [2.45, 2.75) is 30.7 Å². The molecule has 110 valence electrons. The number of aliphatic hydroxyl groups excluding tert-OH is 3. The summed E-state index contributed by atoms with van der Waals surface area (Å²) in [6.07, 6.45) is -3.41. The lowest BCUT2D eigenvalue weighted by atomic mass is 10.1. The lowest BCUT2D eigenvalue weighted by Crippen LogP contribution is -2.30. The number of hydrogen-bond acceptors (Lipinski definition) is 7. The van der Waals surface area contributed by atoms with Gasteiger partial charge in [-0.05, 0) is 0 Å². The maximum Gasteiger partial charge on any atom is 0.173 e. The molecule has 1 fully saturated rings. The number of alkyl halides is 1. The molecule has 0 amide bonds. The minimum absolute atomic E-state index is 0.156. The van der Waals surface area contributed by atoms with E-state index in [-0.39, 0.29) is 6.54 Å². The molecular formula is C11H15FN4O4. The molecule has 0 radical (unpaired) electrons. The van der Waals surface area contributed by atoms with Crippen molar-refractivity contribution in [2.75, 3.05) is 18.5 Å². The Morgan fingerprint density at radius 1 is 1.50 bits per heavy atom. The summed E-state index contributed by atoms with van der Waals surface area (Å²) in [6, 6.07) is 0. The van der Waals surface area contributed by atoms with Gasteiger partial charge in [0.05, 0.1) is 25.8 Å². The number of aliphatic hydroxyl groups is 3. The first kappa shape index (κ1) is 13.4. The van der Waals surface area contributed by atoms with Crippen molar-refractivity contribution in [3.63, 3.8) is 0 Å². The molecule has 4 N–H and O–H groups in total. The molecule has 3 heterocycles. The minimum Gasteiger partial charge on any atom is -0.394 e. The maximum atomic E-state index is 14.1. The largest absolute Gasteiger partial charge is 0.394 e. The van der Waals surface area contributed by atoms with E-state index in [4.69, 9.17) is 9.84 Å². The number of halogens is 1. The average Bonchev–Trinajstić information content (AvgIpc) is 2.92. The molecule has 0 spiro atoms. The van der Waals surface area contributed by atoms with E-state index in [2.05, 4.69) is 15.3 Å². The van der Waals surface area contributed by atoms with Gasteiger partial charge in [-0.2, -0.15) is 0 Å². The minimum atomic E-state index is -1.70. The smallest absolute Gasteiger partial charge is 0.173 e. The lowest BCUT2D eigenvalue weighted by molar-refractivity contribution is -0.0465. The molecule has 3 rings (SSSR count). The van der Waals surface area contributed by atoms with E-state index >= 15 is 0 Å². The number of anilines is 1. The Morgan fingerprint density at radius 3 is 3.00 bits per heavy atom. The number of aliphatic imine (C=N–C) groups is 1. The van der Waals surface area contributed by atoms with E-state index in [0.717, 1.165) is 0 Å². The number of imidazole rings is 1. The predicted octanol–water partition coefficient (Wildman–Crippen LogP) is -1.04. The van der Waals surface area contributed by atoms with E-state index in [0.29, 0.717) is 11.5 Å². The zero-order valence-electron chi connectivity index (χ0n) is 10.4. The Bertz CT molecular complexity index is 523. The SMILES string of the molecule is OC[C@H]1O[C@@H](n2cnc3c2NC=NC[C@H]3O)[C@H](F)[C@@H]1O. The molecule has 8 nitrogen and oxygen atoms in total. The van der Waals surface area contributed by atoms with Crippen LogP contribution in [0.3, 0.4) is 0 Å². The van der Waals surface area contributed by atoms with Crippen LogP contribution < -0.4 is 5.32 Å². The highest BCUT2D eigenvalue weighted by molar-refractivity contribution is 5.76. The van der Waals surface area contributed by atoms with Gasteiger partial charge in [-0.15, -0.1) is 0 Å². The number of nitrogens with zero attached hydrogens (tertiary/aromatic N) is 3. The van der Waals surface area contributed by atoms with Crippen molar-refractivity contribution >= 4 is 12.2 Å². The second-order valence-corrected chi connectivity index (χ2v) is 4.72. The fourth-order valence-corrected chi connectivity index (χ4v) is 2.39. The van der Waals surface area contributed by atoms with E-state index in [1.165, 1.54) is 17.2 Å². The molecule has 5 atom stereocenters. The van der Waals surface area contributed by atoms with Crippen LogP contribution in [0.5, 0.6) is 0 Å². The van der Waals surface area contributed by atoms with Gasteiger partial charge in [-0.3, -0.25) is 9.56 Å². The number of rotatable bonds is 2. The van der Waals surface area contributed by atoms with Crippen molar-refractivity contribution in [3.05, 3.63) is 12.0 Å². The third kappa shape index (κ3) is 1.99. The summed E-state index contributed by atoms with van der Waals surface area (Å²) < 4.78 is 20.7. The highest BCUT2D eigenvalue weighted by Crippen LogP contribution is 2.36. The Morgan fingerprint density at radius 2 is 2.30 bits per heavy atom. The van der Waals surface area contributed by atoms with Gasteiger partial charge < -0.3 is 25.4 Å². The van der Waals surface area contributed by atoms with Crippen LogP contribution in [0.1, 0.15) is 18.0 Å². The summed E-state index contributed by atoms with van der Waals surface area (Å²) in [7, 11) is 0. The Labute approximate surface area is 113 Å². The topological polar surface area (TPSA) is 112 Å². The summed E-state index contributed by atoms with van der Waals surface area (Å²) in [5, 5.41) is 31.4. The first-order valence-electron chi connectivity index (χ1n) is 6.21. The van der Waals surface area contributed by atoms with Gasteiger partial charge in [0.25, 0.3) is 0 Å². The lowest BCUT2D eigenvalue weighted by Gasteiger charge is -2.17. The third-order valence-corrected chi connectivity index (χ3v) is 3.46. The van der Waals surface area contributed by atoms with Gasteiger partial charge in [0.2, 0.25) is 0 Å². The van der Waals surface area contributed by atoms with E-state index in [1.807, 2.05) is 0 Å². The van der Waals surface area contributed by atoms with Gasteiger partial charge in [0, 0.05) is 0 Å². The first-order valence-corrected chi connectivity index (χ1v) is 6.21. The third-order valence-electron chi connectivity index (χ3n) is 3.46. The van der Waals surface area contributed by atoms with Crippen molar-refractivity contribution < 1.29 is 24.4 Å². The second kappa shape index (κ2) is 5.09. The number of fused-ring (bicyclic) bond motifs is 1. The molecule has 0 unspecified atom stereocenters. The molecule has 1 saturated heterocycles. The normalized spacial score (nSPS) is 36.5. The van der Waals surface area contributed by atoms with Crippen LogP contribution in [-0.4, -0.2) is 62.7 Å². The molecule has 1 aromatic heterocycles. The summed E-state index contributed by atoms with van der Waals surface area (Å²) in [4.78, 5) is 7.94. The zero-order valence-corrected chi connectivity index (χ0v) is 10.4. The van der Waals surface area contributed by atoms with E-state index < -0.39 is 37.3 Å². The first-order chi connectivity index (χ1) is 9.63. The molecule has 2 aliphatic heterocycles. The summed E-state index contributed by atoms with van der Waals surface area (Å²) in [6.45, 7) is -0.323. The Balaban J connectivity index is 1.94. The van der Waals surface area contributed by atoms with Gasteiger partial charge in [-0.25, -0.2) is 9.37 Å². The van der Waals surface area contributed by atoms with Crippen LogP contribution in [0.25, 0.3) is 0 Å². The highest BCUT2D eigenvalue weighted by Gasteiger charge is 2.45. The molecule has 20 heavy (non-hydrogen) atoms. The predicted molar refractivity (Wildman–Crippen MR) is 66.1 cm³/mol. The van der Waals surface area contributed by atoms with Gasteiger partial charge in [-0.1, -0.05) is 0 Å². The van der Waals surface area contributed by atoms with Crippen molar-refractivity contribution in [1.82, 2.24) is 9.55 Å². The quantitative estimate of drug-likeness (QED) is 0.552. The van der Waals surface area contributed by atoms with Crippen LogP contribution >= 0.6 is 0 Å². The second-order valence-electron chi connectivity index (χ2n) is 4.72. The maximum absolute atomic E-state index is 14.1. The fraction of sp³-hybridized carbons (Fsp3) is 0.636. The van der Waals surface area contributed by atoms with Crippen molar-refractivity contribution in [2.24, 2.45) is 4.99 Å². The van der Waals surface area contributed by atoms with Crippen molar-refractivity contribution in [1.29, 1.82) is 0 Å². The molecule has 9 heteroatoms. The van der Waals surface area contributed by atoms with Gasteiger partial charge in [0.1, 0.15) is 29.8 Å². The molecule has 1 aromatic rings. The van der Waals surface area contributed by atoms with Gasteiger partial charge in [0.15, 0.2) is 12.4 Å². The van der Waals surface area contributed by atoms with Crippen LogP contribution in [0.4, 0.5) is 10.2 Å². The number of hydrogen-bond donors (Lipinski definition) is 4. The van der Waals surface area contributed by atoms with E-state index in [1.54, 1.807) is 0 Å². The van der Waals surface area contributed by atoms with Crippen LogP contribution in [0.15, 0.2) is 11.3 Å². The molecular weight excluding hydrogens is 271 g/mol. The van der Waals surface area contributed by atoms with Crippen LogP contribution in [0, 0.1) is 0 Å². The van der Waals surface area contributed by atoms with Gasteiger partial charge >= 0.3 is 0 Å². The monoisotopic (exact) mass is 286 g/mol. The molecule has 0 aromatic carbocycles. The van der Waals surface area contributed by atoms with Crippen LogP contribution in [0.2, 0.25) is 0 Å². The van der Waals surface area contributed by atoms with Crippen molar-refractivity contribution in [3.8, 4) is 0 Å². The Hall–Kier alpha value is -1.55. The number of aromatic nitrogens is 2. The number of nitrogens with one attached hydrogen (secondary N) is 1. The Kier molecular flexibility index (Phi) is 3.42. The molecule has 0 bridgehead atoms. The molecule has 0 saturated carbocycles. The highest BCUT2D eigenvalue weighted by atomic mass is 19.1. The fourth-order valence-electron chi connectivity index (χ4n) is 2.39.